The summed E-state index contributed by atoms with van der Waals surface area (Å²) in [4.78, 5) is 38.6. The standard InChI is InChI=1S/C30H27F2N9O3/c1-17(42)34-20-7-10-25-23(14-20)35-28(44-25)19-11-12-33-24(13-19)29(43)40-21-8-9-22(40)16-39(15-21)26(18-5-3-2-4-6-18)27-36-38-41(37-27)30(31)32/h2-7,10-14,21-22,26,30H,8-9,15-16H2,1H3,(H,34,42)/t21?,22?,26-/m0/s1. The number of amides is 2. The van der Waals surface area contributed by atoms with Crippen LogP contribution >= 0.6 is 0 Å². The predicted molar refractivity (Wildman–Crippen MR) is 153 cm³/mol. The van der Waals surface area contributed by atoms with E-state index in [0.29, 0.717) is 46.1 Å². The van der Waals surface area contributed by atoms with Crippen LogP contribution in [0, 0.1) is 0 Å². The van der Waals surface area contributed by atoms with E-state index in [-0.39, 0.29) is 35.4 Å². The fraction of sp³-hybridized carbons (Fsp3) is 0.300. The maximum Gasteiger partial charge on any atom is 0.350 e. The number of nitrogens with zero attached hydrogens (tertiary/aromatic N) is 8. The maximum absolute atomic E-state index is 13.9. The summed E-state index contributed by atoms with van der Waals surface area (Å²) in [7, 11) is 0. The molecule has 44 heavy (non-hydrogen) atoms. The van der Waals surface area contributed by atoms with Gasteiger partial charge in [0.05, 0.1) is 6.04 Å². The van der Waals surface area contributed by atoms with Crippen LogP contribution in [0.2, 0.25) is 0 Å². The molecule has 2 fully saturated rings. The molecule has 2 amide bonds. The lowest BCUT2D eigenvalue weighted by Gasteiger charge is -2.43. The number of halogens is 2. The SMILES string of the molecule is CC(=O)Nc1ccc2oc(-c3ccnc(C(=O)N4C5CCC4CN([C@@H](c4ccccc4)c4nnn(C(F)F)n4)C5)c3)nc2c1. The van der Waals surface area contributed by atoms with Gasteiger partial charge in [-0.25, -0.2) is 4.98 Å². The van der Waals surface area contributed by atoms with Crippen molar-refractivity contribution in [3.63, 3.8) is 0 Å². The number of likely N-dealkylation sites (tertiary alicyclic amines) is 1. The highest BCUT2D eigenvalue weighted by molar-refractivity contribution is 5.94. The molecule has 3 aromatic heterocycles. The monoisotopic (exact) mass is 599 g/mol. The fourth-order valence-electron chi connectivity index (χ4n) is 6.21. The third-order valence-corrected chi connectivity index (χ3v) is 8.02. The van der Waals surface area contributed by atoms with E-state index in [9.17, 15) is 18.4 Å². The Balaban J connectivity index is 1.13. The Morgan fingerprint density at radius 1 is 1.02 bits per heavy atom. The number of oxazole rings is 1. The summed E-state index contributed by atoms with van der Waals surface area (Å²) in [6.45, 7) is -0.446. The highest BCUT2D eigenvalue weighted by Gasteiger charge is 2.46. The molecule has 5 aromatic rings. The molecule has 224 valence electrons. The number of pyridine rings is 1. The molecular weight excluding hydrogens is 572 g/mol. The van der Waals surface area contributed by atoms with E-state index in [4.69, 9.17) is 4.42 Å². The van der Waals surface area contributed by atoms with Crippen LogP contribution in [0.5, 0.6) is 0 Å². The predicted octanol–water partition coefficient (Wildman–Crippen LogP) is 4.31. The van der Waals surface area contributed by atoms with Gasteiger partial charge in [0.1, 0.15) is 11.2 Å². The average molecular weight is 600 g/mol. The quantitative estimate of drug-likeness (QED) is 0.290. The summed E-state index contributed by atoms with van der Waals surface area (Å²) in [5.41, 5.74) is 3.45. The van der Waals surface area contributed by atoms with Crippen molar-refractivity contribution in [1.29, 1.82) is 0 Å². The van der Waals surface area contributed by atoms with Crippen molar-refractivity contribution in [2.45, 2.75) is 44.4 Å². The van der Waals surface area contributed by atoms with Crippen LogP contribution in [0.15, 0.2) is 71.3 Å². The van der Waals surface area contributed by atoms with Gasteiger partial charge < -0.3 is 14.6 Å². The molecule has 7 rings (SSSR count). The number of carbonyl (C=O) groups is 2. The van der Waals surface area contributed by atoms with Crippen LogP contribution in [0.3, 0.4) is 0 Å². The summed E-state index contributed by atoms with van der Waals surface area (Å²) < 4.78 is 32.5. The second-order valence-electron chi connectivity index (χ2n) is 10.9. The molecule has 2 saturated heterocycles. The minimum absolute atomic E-state index is 0.111. The zero-order chi connectivity index (χ0) is 30.4. The lowest BCUT2D eigenvalue weighted by atomic mass is 10.0. The van der Waals surface area contributed by atoms with E-state index in [1.807, 2.05) is 35.2 Å². The molecule has 2 aliphatic heterocycles. The Morgan fingerprint density at radius 3 is 2.50 bits per heavy atom. The van der Waals surface area contributed by atoms with E-state index in [0.717, 1.165) is 18.4 Å². The third-order valence-electron chi connectivity index (χ3n) is 8.02. The van der Waals surface area contributed by atoms with Crippen molar-refractivity contribution in [3.8, 4) is 11.5 Å². The number of rotatable bonds is 7. The van der Waals surface area contributed by atoms with Crippen LogP contribution in [0.4, 0.5) is 14.5 Å². The third kappa shape index (κ3) is 5.17. The van der Waals surface area contributed by atoms with Crippen LogP contribution in [0.1, 0.15) is 54.2 Å². The topological polar surface area (TPSA) is 135 Å². The van der Waals surface area contributed by atoms with Gasteiger partial charge in [0.25, 0.3) is 5.91 Å². The number of anilines is 1. The fourth-order valence-corrected chi connectivity index (χ4v) is 6.21. The second kappa shape index (κ2) is 11.2. The number of carbonyl (C=O) groups excluding carboxylic acids is 2. The second-order valence-corrected chi connectivity index (χ2v) is 10.9. The number of hydrogen-bond donors (Lipinski definition) is 1. The van der Waals surface area contributed by atoms with Gasteiger partial charge in [-0.3, -0.25) is 19.5 Å². The number of piperazine rings is 1. The van der Waals surface area contributed by atoms with Crippen LogP contribution < -0.4 is 5.32 Å². The van der Waals surface area contributed by atoms with Crippen LogP contribution in [-0.2, 0) is 4.79 Å². The van der Waals surface area contributed by atoms with Crippen molar-refractivity contribution >= 4 is 28.6 Å². The van der Waals surface area contributed by atoms with E-state index in [1.54, 1.807) is 36.5 Å². The number of hydrogen-bond acceptors (Lipinski definition) is 9. The number of benzene rings is 2. The Kier molecular flexibility index (Phi) is 7.04. The summed E-state index contributed by atoms with van der Waals surface area (Å²) in [5, 5.41) is 14.2. The van der Waals surface area contributed by atoms with Gasteiger partial charge in [-0.15, -0.1) is 10.2 Å². The Bertz CT molecular complexity index is 1830. The van der Waals surface area contributed by atoms with Gasteiger partial charge in [-0.1, -0.05) is 35.1 Å². The molecule has 2 aliphatic rings. The van der Waals surface area contributed by atoms with Crippen molar-refractivity contribution < 1.29 is 22.8 Å². The molecule has 0 aliphatic carbocycles. The van der Waals surface area contributed by atoms with Gasteiger partial charge in [-0.2, -0.15) is 8.78 Å². The first-order chi connectivity index (χ1) is 21.3. The molecule has 14 heteroatoms. The molecule has 0 radical (unpaired) electrons. The molecule has 2 bridgehead atoms. The lowest BCUT2D eigenvalue weighted by molar-refractivity contribution is -0.114. The van der Waals surface area contributed by atoms with Gasteiger partial charge in [0.15, 0.2) is 11.4 Å². The van der Waals surface area contributed by atoms with Gasteiger partial charge in [0.2, 0.25) is 11.8 Å². The maximum atomic E-state index is 13.9. The lowest BCUT2D eigenvalue weighted by Crippen LogP contribution is -2.56. The van der Waals surface area contributed by atoms with E-state index in [1.165, 1.54) is 6.92 Å². The zero-order valence-corrected chi connectivity index (χ0v) is 23.5. The van der Waals surface area contributed by atoms with Crippen molar-refractivity contribution in [3.05, 3.63) is 83.9 Å². The number of tetrazole rings is 1. The number of alkyl halides is 2. The highest BCUT2D eigenvalue weighted by atomic mass is 19.3. The summed E-state index contributed by atoms with van der Waals surface area (Å²) in [5.74, 6) is 0.139. The average Bonchev–Trinajstić information content (AvgIpc) is 3.74. The number of aromatic nitrogens is 6. The molecule has 0 saturated carbocycles. The zero-order valence-electron chi connectivity index (χ0n) is 23.5. The largest absolute Gasteiger partial charge is 0.436 e. The van der Waals surface area contributed by atoms with Crippen LogP contribution in [0.25, 0.3) is 22.6 Å². The Hall–Kier alpha value is -5.11. The Morgan fingerprint density at radius 2 is 1.80 bits per heavy atom. The van der Waals surface area contributed by atoms with Gasteiger partial charge in [-0.05, 0) is 54.0 Å². The van der Waals surface area contributed by atoms with E-state index >= 15 is 0 Å². The van der Waals surface area contributed by atoms with Crippen LogP contribution in [-0.4, -0.2) is 77.0 Å². The molecule has 0 spiro atoms. The normalized spacial score (nSPS) is 19.0. The molecule has 5 heterocycles. The number of fused-ring (bicyclic) bond motifs is 3. The summed E-state index contributed by atoms with van der Waals surface area (Å²) in [6.07, 6.45) is 3.15. The number of nitrogens with one attached hydrogen (secondary N) is 1. The van der Waals surface area contributed by atoms with Crippen molar-refractivity contribution in [1.82, 2.24) is 40.0 Å². The summed E-state index contributed by atoms with van der Waals surface area (Å²) >= 11 is 0. The highest BCUT2D eigenvalue weighted by Crippen LogP contribution is 2.37. The first-order valence-electron chi connectivity index (χ1n) is 14.2. The Labute approximate surface area is 249 Å². The molecule has 2 unspecified atom stereocenters. The van der Waals surface area contributed by atoms with Crippen molar-refractivity contribution in [2.75, 3.05) is 18.4 Å². The van der Waals surface area contributed by atoms with E-state index < -0.39 is 12.6 Å². The minimum Gasteiger partial charge on any atom is -0.436 e. The van der Waals surface area contributed by atoms with Gasteiger partial charge >= 0.3 is 6.55 Å². The first kappa shape index (κ1) is 27.7. The molecule has 12 nitrogen and oxygen atoms in total. The smallest absolute Gasteiger partial charge is 0.350 e. The van der Waals surface area contributed by atoms with E-state index in [2.05, 4.69) is 35.6 Å². The molecular formula is C30H27F2N9O3. The first-order valence-corrected chi connectivity index (χ1v) is 14.2. The molecule has 1 N–H and O–H groups in total. The van der Waals surface area contributed by atoms with Gasteiger partial charge in [0, 0.05) is 49.5 Å². The van der Waals surface area contributed by atoms with Crippen molar-refractivity contribution in [2.24, 2.45) is 0 Å². The minimum atomic E-state index is -2.89. The molecule has 2 aromatic carbocycles. The molecule has 3 atom stereocenters. The summed E-state index contributed by atoms with van der Waals surface area (Å²) in [6, 6.07) is 17.3.